The van der Waals surface area contributed by atoms with E-state index in [-0.39, 0.29) is 11.0 Å². The molecule has 0 radical (unpaired) electrons. The Kier molecular flexibility index (Phi) is 4.22. The van der Waals surface area contributed by atoms with Gasteiger partial charge in [0, 0.05) is 18.8 Å². The second-order valence-corrected chi connectivity index (χ2v) is 6.81. The predicted molar refractivity (Wildman–Crippen MR) is 76.3 cm³/mol. The molecule has 0 bridgehead atoms. The Balaban J connectivity index is 2.46. The van der Waals surface area contributed by atoms with E-state index in [9.17, 15) is 8.42 Å². The summed E-state index contributed by atoms with van der Waals surface area (Å²) in [7, 11) is -2.18. The number of hydrogen-bond acceptors (Lipinski definition) is 5. The van der Waals surface area contributed by atoms with Gasteiger partial charge in [0.15, 0.2) is 0 Å². The quantitative estimate of drug-likeness (QED) is 0.842. The Labute approximate surface area is 119 Å². The van der Waals surface area contributed by atoms with Gasteiger partial charge in [-0.25, -0.2) is 8.42 Å². The van der Waals surface area contributed by atoms with Crippen molar-refractivity contribution in [1.82, 2.24) is 4.31 Å². The first-order chi connectivity index (χ1) is 9.36. The molecular weight excluding hydrogens is 280 g/mol. The highest BCUT2D eigenvalue weighted by atomic mass is 32.2. The Bertz CT molecular complexity index is 601. The molecule has 7 heteroatoms. The normalized spacial score (nSPS) is 20.9. The molecule has 112 valence electrons. The Morgan fingerprint density at radius 2 is 2.15 bits per heavy atom. The van der Waals surface area contributed by atoms with Crippen LogP contribution in [0, 0.1) is 6.92 Å². The van der Waals surface area contributed by atoms with E-state index in [0.29, 0.717) is 31.1 Å². The first-order valence-electron chi connectivity index (χ1n) is 6.42. The molecule has 20 heavy (non-hydrogen) atoms. The third-order valence-corrected chi connectivity index (χ3v) is 5.26. The van der Waals surface area contributed by atoms with Gasteiger partial charge in [0.1, 0.15) is 10.6 Å². The van der Waals surface area contributed by atoms with E-state index in [1.807, 2.05) is 13.8 Å². The van der Waals surface area contributed by atoms with Crippen LogP contribution in [-0.4, -0.2) is 45.6 Å². The number of morpholine rings is 1. The molecular formula is C13H20N2O4S. The second kappa shape index (κ2) is 5.59. The van der Waals surface area contributed by atoms with Crippen molar-refractivity contribution in [2.75, 3.05) is 32.5 Å². The van der Waals surface area contributed by atoms with Gasteiger partial charge < -0.3 is 15.2 Å². The lowest BCUT2D eigenvalue weighted by Gasteiger charge is -2.30. The van der Waals surface area contributed by atoms with E-state index in [0.717, 1.165) is 5.56 Å². The molecule has 1 atom stereocenters. The molecule has 1 unspecified atom stereocenters. The van der Waals surface area contributed by atoms with Gasteiger partial charge in [-0.1, -0.05) is 0 Å². The predicted octanol–water partition coefficient (Wildman–Crippen LogP) is 0.995. The third-order valence-electron chi connectivity index (χ3n) is 3.37. The molecule has 1 saturated heterocycles. The van der Waals surface area contributed by atoms with Crippen LogP contribution in [0.5, 0.6) is 5.75 Å². The first kappa shape index (κ1) is 15.1. The number of anilines is 1. The maximum absolute atomic E-state index is 12.7. The average molecular weight is 300 g/mol. The van der Waals surface area contributed by atoms with Crippen molar-refractivity contribution in [3.63, 3.8) is 0 Å². The molecule has 0 aliphatic carbocycles. The maximum Gasteiger partial charge on any atom is 0.247 e. The van der Waals surface area contributed by atoms with Crippen LogP contribution in [0.4, 0.5) is 5.69 Å². The van der Waals surface area contributed by atoms with E-state index in [4.69, 9.17) is 15.2 Å². The van der Waals surface area contributed by atoms with Crippen molar-refractivity contribution in [2.45, 2.75) is 24.8 Å². The van der Waals surface area contributed by atoms with Crippen molar-refractivity contribution in [2.24, 2.45) is 0 Å². The molecule has 1 fully saturated rings. The number of nitrogens with zero attached hydrogens (tertiary/aromatic N) is 1. The zero-order chi connectivity index (χ0) is 14.9. The van der Waals surface area contributed by atoms with E-state index in [1.54, 1.807) is 6.07 Å². The van der Waals surface area contributed by atoms with Crippen LogP contribution in [0.25, 0.3) is 0 Å². The van der Waals surface area contributed by atoms with Gasteiger partial charge in [-0.05, 0) is 31.5 Å². The molecule has 1 aromatic rings. The van der Waals surface area contributed by atoms with Gasteiger partial charge in [0.2, 0.25) is 10.0 Å². The van der Waals surface area contributed by atoms with E-state index < -0.39 is 10.0 Å². The number of nitrogen functional groups attached to an aromatic ring is 1. The summed E-state index contributed by atoms with van der Waals surface area (Å²) in [5, 5.41) is 0. The largest absolute Gasteiger partial charge is 0.495 e. The van der Waals surface area contributed by atoms with E-state index in [2.05, 4.69) is 0 Å². The molecule has 0 aromatic heterocycles. The van der Waals surface area contributed by atoms with Crippen molar-refractivity contribution >= 4 is 15.7 Å². The van der Waals surface area contributed by atoms with Crippen LogP contribution in [0.1, 0.15) is 12.5 Å². The minimum absolute atomic E-state index is 0.109. The number of rotatable bonds is 3. The van der Waals surface area contributed by atoms with E-state index in [1.165, 1.54) is 17.5 Å². The molecule has 6 nitrogen and oxygen atoms in total. The van der Waals surface area contributed by atoms with Gasteiger partial charge >= 0.3 is 0 Å². The number of methoxy groups -OCH3 is 1. The topological polar surface area (TPSA) is 81.9 Å². The number of aryl methyl sites for hydroxylation is 1. The summed E-state index contributed by atoms with van der Waals surface area (Å²) >= 11 is 0. The molecule has 0 saturated carbocycles. The van der Waals surface area contributed by atoms with Gasteiger partial charge in [0.05, 0.1) is 19.8 Å². The van der Waals surface area contributed by atoms with Crippen molar-refractivity contribution in [3.05, 3.63) is 17.7 Å². The first-order valence-corrected chi connectivity index (χ1v) is 7.86. The maximum atomic E-state index is 12.7. The smallest absolute Gasteiger partial charge is 0.247 e. The Morgan fingerprint density at radius 3 is 2.75 bits per heavy atom. The van der Waals surface area contributed by atoms with Crippen LogP contribution >= 0.6 is 0 Å². The average Bonchev–Trinajstić information content (AvgIpc) is 2.41. The van der Waals surface area contributed by atoms with Gasteiger partial charge in [0.25, 0.3) is 0 Å². The lowest BCUT2D eigenvalue weighted by Crippen LogP contribution is -2.44. The van der Waals surface area contributed by atoms with Crippen molar-refractivity contribution < 1.29 is 17.9 Å². The zero-order valence-electron chi connectivity index (χ0n) is 11.9. The SMILES string of the molecule is COc1cc(C)c(N)cc1S(=O)(=O)N1CCOC(C)C1. The molecule has 1 heterocycles. The number of ether oxygens (including phenoxy) is 2. The van der Waals surface area contributed by atoms with Gasteiger partial charge in [-0.2, -0.15) is 4.31 Å². The number of hydrogen-bond donors (Lipinski definition) is 1. The number of nitrogens with two attached hydrogens (primary N) is 1. The highest BCUT2D eigenvalue weighted by Gasteiger charge is 2.31. The summed E-state index contributed by atoms with van der Waals surface area (Å²) < 4.78 is 37.4. The van der Waals surface area contributed by atoms with E-state index >= 15 is 0 Å². The summed E-state index contributed by atoms with van der Waals surface area (Å²) in [5.74, 6) is 0.316. The van der Waals surface area contributed by atoms with Crippen LogP contribution in [0.3, 0.4) is 0 Å². The van der Waals surface area contributed by atoms with Crippen LogP contribution < -0.4 is 10.5 Å². The zero-order valence-corrected chi connectivity index (χ0v) is 12.7. The molecule has 0 amide bonds. The fourth-order valence-corrected chi connectivity index (χ4v) is 3.85. The molecule has 0 spiro atoms. The summed E-state index contributed by atoms with van der Waals surface area (Å²) in [6.07, 6.45) is -0.118. The summed E-state index contributed by atoms with van der Waals surface area (Å²) in [4.78, 5) is 0.109. The fourth-order valence-electron chi connectivity index (χ4n) is 2.18. The Hall–Kier alpha value is -1.31. The van der Waals surface area contributed by atoms with Crippen LogP contribution in [-0.2, 0) is 14.8 Å². The highest BCUT2D eigenvalue weighted by molar-refractivity contribution is 7.89. The third kappa shape index (κ3) is 2.74. The molecule has 2 rings (SSSR count). The Morgan fingerprint density at radius 1 is 1.45 bits per heavy atom. The molecule has 2 N–H and O–H groups in total. The van der Waals surface area contributed by atoms with Crippen LogP contribution in [0.15, 0.2) is 17.0 Å². The second-order valence-electron chi connectivity index (χ2n) is 4.90. The standard InChI is InChI=1S/C13H20N2O4S/c1-9-6-12(18-3)13(7-11(9)14)20(16,17)15-4-5-19-10(2)8-15/h6-7,10H,4-5,8,14H2,1-3H3. The fraction of sp³-hybridized carbons (Fsp3) is 0.538. The minimum atomic E-state index is -3.63. The van der Waals surface area contributed by atoms with Crippen molar-refractivity contribution in [3.8, 4) is 5.75 Å². The summed E-state index contributed by atoms with van der Waals surface area (Å²) in [5.41, 5.74) is 7.06. The van der Waals surface area contributed by atoms with Crippen LogP contribution in [0.2, 0.25) is 0 Å². The molecule has 1 aliphatic rings. The number of benzene rings is 1. The van der Waals surface area contributed by atoms with Gasteiger partial charge in [-0.15, -0.1) is 0 Å². The number of sulfonamides is 1. The molecule has 1 aliphatic heterocycles. The highest BCUT2D eigenvalue weighted by Crippen LogP contribution is 2.31. The van der Waals surface area contributed by atoms with Gasteiger partial charge in [-0.3, -0.25) is 0 Å². The minimum Gasteiger partial charge on any atom is -0.495 e. The lowest BCUT2D eigenvalue weighted by molar-refractivity contribution is 0.0101. The summed E-state index contributed by atoms with van der Waals surface area (Å²) in [6.45, 7) is 4.72. The molecule has 1 aromatic carbocycles. The summed E-state index contributed by atoms with van der Waals surface area (Å²) in [6, 6.07) is 3.11. The monoisotopic (exact) mass is 300 g/mol. The van der Waals surface area contributed by atoms with Crippen molar-refractivity contribution in [1.29, 1.82) is 0 Å². The lowest BCUT2D eigenvalue weighted by atomic mass is 10.2.